The summed E-state index contributed by atoms with van der Waals surface area (Å²) in [5.41, 5.74) is -1.31. The third-order valence-electron chi connectivity index (χ3n) is 6.27. The van der Waals surface area contributed by atoms with E-state index in [9.17, 15) is 39.6 Å². The van der Waals surface area contributed by atoms with E-state index in [1.54, 1.807) is 0 Å². The van der Waals surface area contributed by atoms with Gasteiger partial charge in [0.2, 0.25) is 5.82 Å². The number of amides is 1. The van der Waals surface area contributed by atoms with Crippen LogP contribution in [0.1, 0.15) is 35.4 Å². The Morgan fingerprint density at radius 3 is 2.43 bits per heavy atom. The Morgan fingerprint density at radius 1 is 1.23 bits per heavy atom. The molecular weight excluding hydrogens is 506 g/mol. The van der Waals surface area contributed by atoms with Gasteiger partial charge in [0, 0.05) is 26.4 Å². The van der Waals surface area contributed by atoms with Crippen LogP contribution in [-0.4, -0.2) is 65.6 Å². The van der Waals surface area contributed by atoms with Crippen LogP contribution in [-0.2, 0) is 28.5 Å². The molecule has 1 aliphatic carbocycles. The SMILES string of the molecule is C[C@H](Oc1ccc(S(C)(=O)=O)cc1C(=O)N1CC2CC2(c2nc(C(F)(F)F)n(C)n2)C1)C(F)(F)F. The van der Waals surface area contributed by atoms with Crippen molar-refractivity contribution in [3.05, 3.63) is 35.4 Å². The molecule has 35 heavy (non-hydrogen) atoms. The van der Waals surface area contributed by atoms with Crippen LogP contribution < -0.4 is 4.74 Å². The van der Waals surface area contributed by atoms with Crippen molar-refractivity contribution in [2.24, 2.45) is 13.0 Å². The maximum Gasteiger partial charge on any atom is 0.451 e. The Labute approximate surface area is 195 Å². The second kappa shape index (κ2) is 7.83. The molecule has 2 aromatic rings. The summed E-state index contributed by atoms with van der Waals surface area (Å²) in [4.78, 5) is 17.9. The van der Waals surface area contributed by atoms with E-state index in [1.165, 1.54) is 4.90 Å². The maximum absolute atomic E-state index is 13.3. The minimum Gasteiger partial charge on any atom is -0.480 e. The summed E-state index contributed by atoms with van der Waals surface area (Å²) in [6, 6.07) is 2.95. The Balaban J connectivity index is 1.65. The lowest BCUT2D eigenvalue weighted by Gasteiger charge is -2.24. The van der Waals surface area contributed by atoms with Gasteiger partial charge >= 0.3 is 12.4 Å². The van der Waals surface area contributed by atoms with E-state index < -0.39 is 56.8 Å². The number of halogens is 6. The number of carbonyl (C=O) groups excluding carboxylic acids is 1. The third kappa shape index (κ3) is 4.57. The number of alkyl halides is 6. The van der Waals surface area contributed by atoms with Crippen molar-refractivity contribution in [2.75, 3.05) is 19.3 Å². The molecule has 1 aromatic heterocycles. The number of piperidine rings is 1. The summed E-state index contributed by atoms with van der Waals surface area (Å²) in [5.74, 6) is -2.77. The molecule has 1 aliphatic heterocycles. The number of hydrogen-bond acceptors (Lipinski definition) is 6. The lowest BCUT2D eigenvalue weighted by atomic mass is 10.1. The van der Waals surface area contributed by atoms with Gasteiger partial charge in [-0.1, -0.05) is 0 Å². The van der Waals surface area contributed by atoms with Crippen LogP contribution in [0.5, 0.6) is 5.75 Å². The molecular formula is C20H20F6N4O4S. The van der Waals surface area contributed by atoms with Crippen molar-refractivity contribution in [1.82, 2.24) is 19.7 Å². The monoisotopic (exact) mass is 526 g/mol. The lowest BCUT2D eigenvalue weighted by Crippen LogP contribution is -2.35. The van der Waals surface area contributed by atoms with Gasteiger partial charge in [-0.05, 0) is 37.5 Å². The average molecular weight is 526 g/mol. The van der Waals surface area contributed by atoms with E-state index >= 15 is 0 Å². The number of rotatable bonds is 5. The fourth-order valence-corrected chi connectivity index (χ4v) is 4.91. The summed E-state index contributed by atoms with van der Waals surface area (Å²) in [6.45, 7) is 0.759. The first kappa shape index (κ1) is 25.3. The second-order valence-corrected chi connectivity index (χ2v) is 10.9. The molecule has 15 heteroatoms. The molecule has 0 spiro atoms. The van der Waals surface area contributed by atoms with E-state index in [0.717, 1.165) is 38.4 Å². The fourth-order valence-electron chi connectivity index (χ4n) is 4.26. The predicted molar refractivity (Wildman–Crippen MR) is 107 cm³/mol. The number of aromatic nitrogens is 3. The molecule has 3 atom stereocenters. The number of nitrogens with zero attached hydrogens (tertiary/aromatic N) is 4. The fraction of sp³-hybridized carbons (Fsp3) is 0.550. The number of carbonyl (C=O) groups is 1. The summed E-state index contributed by atoms with van der Waals surface area (Å²) in [5, 5.41) is 3.89. The van der Waals surface area contributed by atoms with Crippen LogP contribution in [0.25, 0.3) is 0 Å². The molecule has 0 radical (unpaired) electrons. The van der Waals surface area contributed by atoms with E-state index in [0.29, 0.717) is 11.1 Å². The van der Waals surface area contributed by atoms with E-state index in [-0.39, 0.29) is 29.7 Å². The van der Waals surface area contributed by atoms with Crippen molar-refractivity contribution >= 4 is 15.7 Å². The van der Waals surface area contributed by atoms with Crippen LogP contribution in [0.3, 0.4) is 0 Å². The quantitative estimate of drug-likeness (QED) is 0.557. The first-order valence-electron chi connectivity index (χ1n) is 10.3. The van der Waals surface area contributed by atoms with Crippen LogP contribution in [0.4, 0.5) is 26.3 Å². The summed E-state index contributed by atoms with van der Waals surface area (Å²) >= 11 is 0. The Morgan fingerprint density at radius 2 is 1.89 bits per heavy atom. The highest BCUT2D eigenvalue weighted by atomic mass is 32.2. The number of ether oxygens (including phenoxy) is 1. The van der Waals surface area contributed by atoms with Crippen LogP contribution in [0.2, 0.25) is 0 Å². The number of benzene rings is 1. The smallest absolute Gasteiger partial charge is 0.451 e. The summed E-state index contributed by atoms with van der Waals surface area (Å²) in [6.07, 6.45) is -10.4. The molecule has 1 saturated heterocycles. The van der Waals surface area contributed by atoms with Gasteiger partial charge < -0.3 is 9.64 Å². The van der Waals surface area contributed by atoms with Gasteiger partial charge in [0.25, 0.3) is 5.91 Å². The van der Waals surface area contributed by atoms with E-state index in [4.69, 9.17) is 4.74 Å². The van der Waals surface area contributed by atoms with Crippen molar-refractivity contribution < 1.29 is 44.3 Å². The third-order valence-corrected chi connectivity index (χ3v) is 7.38. The molecule has 1 amide bonds. The number of sulfone groups is 1. The van der Waals surface area contributed by atoms with Gasteiger partial charge in [-0.15, -0.1) is 0 Å². The zero-order valence-corrected chi connectivity index (χ0v) is 19.4. The molecule has 2 fully saturated rings. The molecule has 0 bridgehead atoms. The standard InChI is InChI=1S/C20H20F6N4O4S/c1-10(19(21,22)23)34-14-5-4-12(35(3,32)33)6-13(14)15(31)30-8-11-7-18(11,9-30)16-27-17(20(24,25)26)29(2)28-16/h4-6,10-11H,7-9H2,1-3H3/t10-,11?,18?/m0/s1. The minimum absolute atomic E-state index is 0.0697. The van der Waals surface area contributed by atoms with Gasteiger partial charge in [-0.3, -0.25) is 4.79 Å². The largest absolute Gasteiger partial charge is 0.480 e. The zero-order valence-electron chi connectivity index (χ0n) is 18.6. The van der Waals surface area contributed by atoms with E-state index in [2.05, 4.69) is 10.1 Å². The highest BCUT2D eigenvalue weighted by Crippen LogP contribution is 2.58. The molecule has 2 heterocycles. The Bertz CT molecular complexity index is 1290. The number of likely N-dealkylation sites (tertiary alicyclic amines) is 1. The van der Waals surface area contributed by atoms with Crippen molar-refractivity contribution in [2.45, 2.75) is 42.1 Å². The predicted octanol–water partition coefficient (Wildman–Crippen LogP) is 2.98. The molecule has 4 rings (SSSR count). The summed E-state index contributed by atoms with van der Waals surface area (Å²) < 4.78 is 108. The highest BCUT2D eigenvalue weighted by molar-refractivity contribution is 7.90. The van der Waals surface area contributed by atoms with Crippen molar-refractivity contribution in [1.29, 1.82) is 0 Å². The van der Waals surface area contributed by atoms with Crippen LogP contribution in [0, 0.1) is 5.92 Å². The summed E-state index contributed by atoms with van der Waals surface area (Å²) in [7, 11) is -2.70. The molecule has 8 nitrogen and oxygen atoms in total. The molecule has 192 valence electrons. The Kier molecular flexibility index (Phi) is 5.65. The van der Waals surface area contributed by atoms with E-state index in [1.807, 2.05) is 0 Å². The van der Waals surface area contributed by atoms with Crippen LogP contribution >= 0.6 is 0 Å². The van der Waals surface area contributed by atoms with Gasteiger partial charge in [-0.2, -0.15) is 31.4 Å². The second-order valence-electron chi connectivity index (χ2n) is 8.86. The maximum atomic E-state index is 13.3. The van der Waals surface area contributed by atoms with Crippen molar-refractivity contribution in [3.8, 4) is 5.75 Å². The first-order chi connectivity index (χ1) is 15.9. The molecule has 1 aromatic carbocycles. The highest BCUT2D eigenvalue weighted by Gasteiger charge is 2.65. The number of fused-ring (bicyclic) bond motifs is 1. The van der Waals surface area contributed by atoms with Gasteiger partial charge in [0.15, 0.2) is 21.8 Å². The normalized spacial score (nSPS) is 23.2. The molecule has 1 saturated carbocycles. The Hall–Kier alpha value is -2.84. The average Bonchev–Trinajstić information content (AvgIpc) is 3.06. The molecule has 2 unspecified atom stereocenters. The van der Waals surface area contributed by atoms with Crippen LogP contribution in [0.15, 0.2) is 23.1 Å². The number of aryl methyl sites for hydroxylation is 1. The topological polar surface area (TPSA) is 94.4 Å². The molecule has 2 aliphatic rings. The van der Waals surface area contributed by atoms with Crippen molar-refractivity contribution in [3.63, 3.8) is 0 Å². The van der Waals surface area contributed by atoms with Gasteiger partial charge in [-0.25, -0.2) is 18.1 Å². The first-order valence-corrected chi connectivity index (χ1v) is 12.2. The lowest BCUT2D eigenvalue weighted by molar-refractivity contribution is -0.189. The van der Waals surface area contributed by atoms with Gasteiger partial charge in [0.05, 0.1) is 15.9 Å². The zero-order chi connectivity index (χ0) is 26.1. The van der Waals surface area contributed by atoms with Gasteiger partial charge in [0.1, 0.15) is 5.75 Å². The molecule has 0 N–H and O–H groups in total. The number of hydrogen-bond donors (Lipinski definition) is 0. The minimum atomic E-state index is -4.74.